The minimum atomic E-state index is -0.439. The van der Waals surface area contributed by atoms with Gasteiger partial charge in [-0.25, -0.2) is 5.43 Å². The molecule has 1 aromatic rings. The molecule has 0 saturated heterocycles. The summed E-state index contributed by atoms with van der Waals surface area (Å²) in [5.41, 5.74) is 3.10. The zero-order chi connectivity index (χ0) is 16.7. The fourth-order valence-corrected chi connectivity index (χ4v) is 5.39. The van der Waals surface area contributed by atoms with Crippen molar-refractivity contribution in [1.29, 1.82) is 0 Å². The predicted molar refractivity (Wildman–Crippen MR) is 89.4 cm³/mol. The van der Waals surface area contributed by atoms with E-state index in [4.69, 9.17) is 0 Å². The van der Waals surface area contributed by atoms with E-state index in [1.807, 2.05) is 0 Å². The van der Waals surface area contributed by atoms with E-state index in [9.17, 15) is 14.9 Å². The van der Waals surface area contributed by atoms with Gasteiger partial charge in [-0.2, -0.15) is 5.10 Å². The van der Waals surface area contributed by atoms with E-state index >= 15 is 0 Å². The average molecular weight is 327 g/mol. The summed E-state index contributed by atoms with van der Waals surface area (Å²) in [5, 5.41) is 14.8. The molecule has 6 heteroatoms. The molecule has 4 aliphatic carbocycles. The highest BCUT2D eigenvalue weighted by Gasteiger charge is 2.54. The van der Waals surface area contributed by atoms with Crippen LogP contribution in [-0.4, -0.2) is 17.0 Å². The quantitative estimate of drug-likeness (QED) is 0.523. The van der Waals surface area contributed by atoms with Crippen LogP contribution >= 0.6 is 0 Å². The van der Waals surface area contributed by atoms with Crippen molar-refractivity contribution in [2.75, 3.05) is 0 Å². The summed E-state index contributed by atoms with van der Waals surface area (Å²) in [6.45, 7) is 0. The molecule has 4 aliphatic rings. The standard InChI is InChI=1S/C18H21N3O3/c22-17(18-8-13-4-14(9-18)6-15(5-13)10-18)20-19-11-12-2-1-3-16(7-12)21(23)24/h1-3,7,11,13-15H,4-6,8-10H2,(H,20,22)/b19-11-. The number of carbonyl (C=O) groups is 1. The Labute approximate surface area is 140 Å². The van der Waals surface area contributed by atoms with Crippen molar-refractivity contribution < 1.29 is 9.72 Å². The molecule has 0 atom stereocenters. The predicted octanol–water partition coefficient (Wildman–Crippen LogP) is 3.26. The number of rotatable bonds is 4. The fourth-order valence-electron chi connectivity index (χ4n) is 5.39. The van der Waals surface area contributed by atoms with Gasteiger partial charge in [0.2, 0.25) is 5.91 Å². The van der Waals surface area contributed by atoms with Crippen LogP contribution in [-0.2, 0) is 4.79 Å². The lowest BCUT2D eigenvalue weighted by Gasteiger charge is -2.55. The molecule has 4 fully saturated rings. The van der Waals surface area contributed by atoms with Crippen molar-refractivity contribution in [2.24, 2.45) is 28.3 Å². The third kappa shape index (κ3) is 2.70. The molecule has 0 heterocycles. The Hall–Kier alpha value is -2.24. The molecule has 1 aromatic carbocycles. The number of nitro groups is 1. The highest BCUT2D eigenvalue weighted by molar-refractivity contribution is 5.86. The Bertz CT molecular complexity index is 678. The van der Waals surface area contributed by atoms with Crippen molar-refractivity contribution in [3.05, 3.63) is 39.9 Å². The van der Waals surface area contributed by atoms with Gasteiger partial charge in [0.25, 0.3) is 5.69 Å². The lowest BCUT2D eigenvalue weighted by Crippen LogP contribution is -2.52. The van der Waals surface area contributed by atoms with Gasteiger partial charge in [-0.3, -0.25) is 14.9 Å². The van der Waals surface area contributed by atoms with E-state index in [0.717, 1.165) is 19.3 Å². The van der Waals surface area contributed by atoms with Crippen LogP contribution in [0.15, 0.2) is 29.4 Å². The van der Waals surface area contributed by atoms with Gasteiger partial charge in [0.1, 0.15) is 0 Å². The normalized spacial score (nSPS) is 33.8. The van der Waals surface area contributed by atoms with Gasteiger partial charge in [-0.15, -0.1) is 0 Å². The Morgan fingerprint density at radius 2 is 1.83 bits per heavy atom. The molecule has 0 aliphatic heterocycles. The molecule has 4 saturated carbocycles. The summed E-state index contributed by atoms with van der Waals surface area (Å²) in [4.78, 5) is 23.1. The summed E-state index contributed by atoms with van der Waals surface area (Å²) < 4.78 is 0. The second-order valence-corrected chi connectivity index (χ2v) is 7.75. The molecule has 0 aromatic heterocycles. The fraction of sp³-hybridized carbons (Fsp3) is 0.556. The molecule has 6 nitrogen and oxygen atoms in total. The third-order valence-electron chi connectivity index (χ3n) is 5.98. The van der Waals surface area contributed by atoms with Gasteiger partial charge in [-0.05, 0) is 56.3 Å². The highest BCUT2D eigenvalue weighted by Crippen LogP contribution is 2.60. The first-order chi connectivity index (χ1) is 11.5. The number of nitrogens with one attached hydrogen (secondary N) is 1. The second kappa shape index (κ2) is 5.69. The molecule has 0 unspecified atom stereocenters. The Morgan fingerprint density at radius 1 is 1.21 bits per heavy atom. The Morgan fingerprint density at radius 3 is 2.42 bits per heavy atom. The molecule has 1 amide bonds. The molecule has 5 rings (SSSR count). The summed E-state index contributed by atoms with van der Waals surface area (Å²) >= 11 is 0. The molecule has 126 valence electrons. The largest absolute Gasteiger partial charge is 0.273 e. The summed E-state index contributed by atoms with van der Waals surface area (Å²) in [7, 11) is 0. The van der Waals surface area contributed by atoms with Crippen molar-refractivity contribution in [3.63, 3.8) is 0 Å². The number of amides is 1. The minimum absolute atomic E-state index is 0.0198. The summed E-state index contributed by atoms with van der Waals surface area (Å²) in [6, 6.07) is 6.22. The average Bonchev–Trinajstić information content (AvgIpc) is 2.53. The number of nitro benzene ring substituents is 1. The van der Waals surface area contributed by atoms with Crippen LogP contribution in [0.5, 0.6) is 0 Å². The zero-order valence-corrected chi connectivity index (χ0v) is 13.5. The van der Waals surface area contributed by atoms with Gasteiger partial charge in [0.15, 0.2) is 0 Å². The summed E-state index contributed by atoms with van der Waals surface area (Å²) in [6.07, 6.45) is 8.35. The van der Waals surface area contributed by atoms with Crippen molar-refractivity contribution >= 4 is 17.8 Å². The van der Waals surface area contributed by atoms with Crippen LogP contribution in [0, 0.1) is 33.3 Å². The number of hydrogen-bond acceptors (Lipinski definition) is 4. The molecule has 24 heavy (non-hydrogen) atoms. The smallest absolute Gasteiger partial charge is 0.270 e. The van der Waals surface area contributed by atoms with Crippen LogP contribution in [0.4, 0.5) is 5.69 Å². The van der Waals surface area contributed by atoms with Crippen molar-refractivity contribution in [3.8, 4) is 0 Å². The first-order valence-electron chi connectivity index (χ1n) is 8.62. The van der Waals surface area contributed by atoms with Gasteiger partial charge >= 0.3 is 0 Å². The lowest BCUT2D eigenvalue weighted by molar-refractivity contribution is -0.384. The second-order valence-electron chi connectivity index (χ2n) is 7.75. The van der Waals surface area contributed by atoms with Crippen LogP contribution < -0.4 is 5.43 Å². The van der Waals surface area contributed by atoms with E-state index in [2.05, 4.69) is 10.5 Å². The SMILES string of the molecule is O=C(N/N=C\c1cccc([N+](=O)[O-])c1)C12CC3CC(CC(C3)C1)C2. The first kappa shape index (κ1) is 15.3. The number of hydrogen-bond donors (Lipinski definition) is 1. The molecule has 4 bridgehead atoms. The van der Waals surface area contributed by atoms with Gasteiger partial charge in [-0.1, -0.05) is 12.1 Å². The lowest BCUT2D eigenvalue weighted by atomic mass is 9.49. The van der Waals surface area contributed by atoms with Crippen molar-refractivity contribution in [1.82, 2.24) is 5.43 Å². The van der Waals surface area contributed by atoms with E-state index < -0.39 is 4.92 Å². The van der Waals surface area contributed by atoms with Gasteiger partial charge in [0.05, 0.1) is 16.6 Å². The van der Waals surface area contributed by atoms with Crippen LogP contribution in [0.1, 0.15) is 44.1 Å². The van der Waals surface area contributed by atoms with E-state index in [-0.39, 0.29) is 17.0 Å². The monoisotopic (exact) mass is 327 g/mol. The van der Waals surface area contributed by atoms with Crippen LogP contribution in [0.25, 0.3) is 0 Å². The van der Waals surface area contributed by atoms with Crippen LogP contribution in [0.3, 0.4) is 0 Å². The van der Waals surface area contributed by atoms with E-state index in [0.29, 0.717) is 23.3 Å². The maximum atomic E-state index is 12.7. The number of nitrogens with zero attached hydrogens (tertiary/aromatic N) is 2. The number of non-ortho nitro benzene ring substituents is 1. The summed E-state index contributed by atoms with van der Waals surface area (Å²) in [5.74, 6) is 2.16. The zero-order valence-electron chi connectivity index (χ0n) is 13.5. The maximum absolute atomic E-state index is 12.7. The maximum Gasteiger partial charge on any atom is 0.270 e. The number of hydrazone groups is 1. The number of benzene rings is 1. The molecular weight excluding hydrogens is 306 g/mol. The van der Waals surface area contributed by atoms with E-state index in [1.165, 1.54) is 37.6 Å². The molecular formula is C18H21N3O3. The molecule has 0 spiro atoms. The van der Waals surface area contributed by atoms with Gasteiger partial charge < -0.3 is 0 Å². The van der Waals surface area contributed by atoms with Crippen molar-refractivity contribution in [2.45, 2.75) is 38.5 Å². The molecule has 1 N–H and O–H groups in total. The topological polar surface area (TPSA) is 84.6 Å². The highest BCUT2D eigenvalue weighted by atomic mass is 16.6. The Balaban J connectivity index is 1.43. The van der Waals surface area contributed by atoms with Crippen LogP contribution in [0.2, 0.25) is 0 Å². The Kier molecular flexibility index (Phi) is 3.62. The minimum Gasteiger partial charge on any atom is -0.273 e. The van der Waals surface area contributed by atoms with E-state index in [1.54, 1.807) is 12.1 Å². The first-order valence-corrected chi connectivity index (χ1v) is 8.62. The number of carbonyl (C=O) groups excluding carboxylic acids is 1. The molecule has 0 radical (unpaired) electrons. The third-order valence-corrected chi connectivity index (χ3v) is 5.98. The van der Waals surface area contributed by atoms with Gasteiger partial charge in [0, 0.05) is 17.7 Å².